The first-order chi connectivity index (χ1) is 12.9. The molecule has 27 heavy (non-hydrogen) atoms. The SMILES string of the molecule is C=CC[C@H]1C[C@]2(C(C)Cc3ccc(OC)c(C(N)=O)c3)OCOC2=CC1=O. The minimum absolute atomic E-state index is 0.0285. The van der Waals surface area contributed by atoms with Gasteiger partial charge in [-0.25, -0.2) is 0 Å². The van der Waals surface area contributed by atoms with E-state index in [0.29, 0.717) is 36.3 Å². The second-order valence-corrected chi connectivity index (χ2v) is 7.14. The van der Waals surface area contributed by atoms with E-state index >= 15 is 0 Å². The Labute approximate surface area is 159 Å². The van der Waals surface area contributed by atoms with Crippen LogP contribution in [-0.2, 0) is 20.7 Å². The zero-order chi connectivity index (χ0) is 19.6. The molecule has 0 spiro atoms. The average Bonchev–Trinajstić information content (AvgIpc) is 3.06. The first-order valence-corrected chi connectivity index (χ1v) is 9.01. The Morgan fingerprint density at radius 2 is 2.30 bits per heavy atom. The van der Waals surface area contributed by atoms with Gasteiger partial charge in [0.25, 0.3) is 5.91 Å². The van der Waals surface area contributed by atoms with Crippen molar-refractivity contribution in [2.75, 3.05) is 13.9 Å². The molecule has 2 N–H and O–H groups in total. The molecule has 6 heteroatoms. The Morgan fingerprint density at radius 1 is 1.52 bits per heavy atom. The number of carbonyl (C=O) groups excluding carboxylic acids is 2. The van der Waals surface area contributed by atoms with Crippen LogP contribution in [-0.4, -0.2) is 31.2 Å². The smallest absolute Gasteiger partial charge is 0.252 e. The summed E-state index contributed by atoms with van der Waals surface area (Å²) in [7, 11) is 1.50. The van der Waals surface area contributed by atoms with Crippen molar-refractivity contribution < 1.29 is 23.8 Å². The number of amides is 1. The minimum atomic E-state index is -0.644. The topological polar surface area (TPSA) is 87.8 Å². The van der Waals surface area contributed by atoms with Crippen molar-refractivity contribution >= 4 is 11.7 Å². The molecule has 1 aliphatic heterocycles. The number of allylic oxidation sites excluding steroid dienone is 2. The van der Waals surface area contributed by atoms with E-state index in [1.165, 1.54) is 7.11 Å². The van der Waals surface area contributed by atoms with Crippen LogP contribution < -0.4 is 10.5 Å². The van der Waals surface area contributed by atoms with Crippen LogP contribution in [0.3, 0.4) is 0 Å². The lowest BCUT2D eigenvalue weighted by Gasteiger charge is -2.38. The van der Waals surface area contributed by atoms with E-state index in [0.717, 1.165) is 5.56 Å². The van der Waals surface area contributed by atoms with Crippen molar-refractivity contribution in [2.24, 2.45) is 17.6 Å². The molecule has 0 radical (unpaired) electrons. The van der Waals surface area contributed by atoms with Crippen LogP contribution in [0.4, 0.5) is 0 Å². The minimum Gasteiger partial charge on any atom is -0.496 e. The van der Waals surface area contributed by atoms with E-state index < -0.39 is 11.5 Å². The van der Waals surface area contributed by atoms with Gasteiger partial charge in [0, 0.05) is 12.0 Å². The molecule has 3 rings (SSSR count). The van der Waals surface area contributed by atoms with Gasteiger partial charge in [0.1, 0.15) is 17.1 Å². The summed E-state index contributed by atoms with van der Waals surface area (Å²) in [6.45, 7) is 5.96. The predicted molar refractivity (Wildman–Crippen MR) is 100 cm³/mol. The predicted octanol–water partition coefficient (Wildman–Crippen LogP) is 2.76. The quantitative estimate of drug-likeness (QED) is 0.745. The van der Waals surface area contributed by atoms with Crippen LogP contribution in [0.2, 0.25) is 0 Å². The Balaban J connectivity index is 1.88. The molecule has 0 bridgehead atoms. The number of rotatable bonds is 7. The van der Waals surface area contributed by atoms with Crippen LogP contribution in [0.25, 0.3) is 0 Å². The third-order valence-electron chi connectivity index (χ3n) is 5.49. The van der Waals surface area contributed by atoms with Crippen LogP contribution in [0.15, 0.2) is 42.7 Å². The Morgan fingerprint density at radius 3 is 2.96 bits per heavy atom. The lowest BCUT2D eigenvalue weighted by molar-refractivity contribution is -0.123. The number of hydrogen-bond acceptors (Lipinski definition) is 5. The lowest BCUT2D eigenvalue weighted by Crippen LogP contribution is -2.44. The highest BCUT2D eigenvalue weighted by Crippen LogP contribution is 2.46. The van der Waals surface area contributed by atoms with E-state index in [1.807, 2.05) is 6.07 Å². The van der Waals surface area contributed by atoms with Gasteiger partial charge in [-0.05, 0) is 42.9 Å². The van der Waals surface area contributed by atoms with Gasteiger partial charge in [-0.2, -0.15) is 0 Å². The molecular weight excluding hydrogens is 346 g/mol. The first-order valence-electron chi connectivity index (χ1n) is 9.01. The van der Waals surface area contributed by atoms with Crippen molar-refractivity contribution in [1.82, 2.24) is 0 Å². The van der Waals surface area contributed by atoms with Crippen LogP contribution in [0.5, 0.6) is 5.75 Å². The van der Waals surface area contributed by atoms with Crippen molar-refractivity contribution in [3.8, 4) is 5.75 Å². The summed E-state index contributed by atoms with van der Waals surface area (Å²) >= 11 is 0. The second kappa shape index (κ2) is 7.56. The fourth-order valence-corrected chi connectivity index (χ4v) is 4.01. The summed E-state index contributed by atoms with van der Waals surface area (Å²) < 4.78 is 16.8. The molecule has 0 saturated carbocycles. The first kappa shape index (κ1) is 19.2. The number of ether oxygens (including phenoxy) is 3. The molecule has 1 fully saturated rings. The van der Waals surface area contributed by atoms with E-state index in [4.69, 9.17) is 19.9 Å². The van der Waals surface area contributed by atoms with Crippen LogP contribution >= 0.6 is 0 Å². The number of fused-ring (bicyclic) bond motifs is 1. The second-order valence-electron chi connectivity index (χ2n) is 7.14. The van der Waals surface area contributed by atoms with Crippen LogP contribution in [0, 0.1) is 11.8 Å². The summed E-state index contributed by atoms with van der Waals surface area (Å²) in [5.41, 5.74) is 6.11. The molecule has 1 aromatic rings. The molecule has 1 amide bonds. The Kier molecular flexibility index (Phi) is 5.37. The van der Waals surface area contributed by atoms with Gasteiger partial charge >= 0.3 is 0 Å². The summed E-state index contributed by atoms with van der Waals surface area (Å²) in [5.74, 6) is 0.443. The molecule has 3 atom stereocenters. The van der Waals surface area contributed by atoms with Crippen molar-refractivity contribution in [3.05, 3.63) is 53.8 Å². The molecular formula is C21H25NO5. The van der Waals surface area contributed by atoms with Gasteiger partial charge in [0.2, 0.25) is 0 Å². The van der Waals surface area contributed by atoms with Crippen molar-refractivity contribution in [3.63, 3.8) is 0 Å². The number of methoxy groups -OCH3 is 1. The monoisotopic (exact) mass is 371 g/mol. The molecule has 1 aliphatic carbocycles. The largest absolute Gasteiger partial charge is 0.496 e. The number of benzene rings is 1. The number of nitrogens with two attached hydrogens (primary N) is 1. The fraction of sp³-hybridized carbons (Fsp3) is 0.429. The summed E-state index contributed by atoms with van der Waals surface area (Å²) in [6.07, 6.45) is 5.14. The molecule has 144 valence electrons. The maximum Gasteiger partial charge on any atom is 0.252 e. The lowest BCUT2D eigenvalue weighted by atomic mass is 9.71. The van der Waals surface area contributed by atoms with Gasteiger partial charge in [0.15, 0.2) is 12.6 Å². The zero-order valence-electron chi connectivity index (χ0n) is 15.7. The number of primary amides is 1. The van der Waals surface area contributed by atoms with Gasteiger partial charge in [-0.15, -0.1) is 6.58 Å². The van der Waals surface area contributed by atoms with E-state index in [1.54, 1.807) is 24.3 Å². The van der Waals surface area contributed by atoms with Crippen LogP contribution in [0.1, 0.15) is 35.7 Å². The summed E-state index contributed by atoms with van der Waals surface area (Å²) in [4.78, 5) is 24.0. The van der Waals surface area contributed by atoms with Gasteiger partial charge < -0.3 is 19.9 Å². The van der Waals surface area contributed by atoms with E-state index in [9.17, 15) is 9.59 Å². The highest BCUT2D eigenvalue weighted by atomic mass is 16.7. The molecule has 0 aromatic heterocycles. The number of carbonyl (C=O) groups is 2. The van der Waals surface area contributed by atoms with Crippen molar-refractivity contribution in [1.29, 1.82) is 0 Å². The molecule has 1 aromatic carbocycles. The molecule has 1 unspecified atom stereocenters. The van der Waals surface area contributed by atoms with Gasteiger partial charge in [-0.3, -0.25) is 9.59 Å². The van der Waals surface area contributed by atoms with E-state index in [-0.39, 0.29) is 24.4 Å². The van der Waals surface area contributed by atoms with Crippen molar-refractivity contribution in [2.45, 2.75) is 31.8 Å². The Bertz CT molecular complexity index is 800. The number of hydrogen-bond donors (Lipinski definition) is 1. The molecule has 1 saturated heterocycles. The maximum atomic E-state index is 12.3. The fourth-order valence-electron chi connectivity index (χ4n) is 4.01. The van der Waals surface area contributed by atoms with Gasteiger partial charge in [-0.1, -0.05) is 19.1 Å². The summed E-state index contributed by atoms with van der Waals surface area (Å²) in [5, 5.41) is 0. The standard InChI is InChI=1S/C21H25NO5/c1-4-5-15-11-21(19(10-17(15)23)26-12-27-21)13(2)8-14-6-7-18(25-3)16(9-14)20(22)24/h4,6-7,9-10,13,15H,1,5,8,11-12H2,2-3H3,(H2,22,24)/t13?,15-,21+/m0/s1. The third kappa shape index (κ3) is 3.49. The highest BCUT2D eigenvalue weighted by Gasteiger charge is 2.51. The number of ketones is 1. The normalized spacial score (nSPS) is 25.2. The molecule has 6 nitrogen and oxygen atoms in total. The highest BCUT2D eigenvalue weighted by molar-refractivity contribution is 5.96. The average molecular weight is 371 g/mol. The van der Waals surface area contributed by atoms with Gasteiger partial charge in [0.05, 0.1) is 12.7 Å². The Hall–Kier alpha value is -2.60. The molecule has 1 heterocycles. The van der Waals surface area contributed by atoms with E-state index in [2.05, 4.69) is 13.5 Å². The summed E-state index contributed by atoms with van der Waals surface area (Å²) in [6, 6.07) is 5.41. The molecule has 2 aliphatic rings. The maximum absolute atomic E-state index is 12.3. The zero-order valence-corrected chi connectivity index (χ0v) is 15.7. The third-order valence-corrected chi connectivity index (χ3v) is 5.49.